The van der Waals surface area contributed by atoms with Gasteiger partial charge < -0.3 is 0 Å². The summed E-state index contributed by atoms with van der Waals surface area (Å²) in [5.74, 6) is 0.949. The number of rotatable bonds is 4. The van der Waals surface area contributed by atoms with Gasteiger partial charge in [0.05, 0.1) is 6.04 Å². The third kappa shape index (κ3) is 3.45. The Bertz CT molecular complexity index is 160. The van der Waals surface area contributed by atoms with Gasteiger partial charge >= 0.3 is 0 Å². The molecule has 0 heterocycles. The Morgan fingerprint density at radius 1 is 1.23 bits per heavy atom. The SMILES string of the molecule is CCC(C)C(C)C(N=O)C(C)(C)C. The second kappa shape index (κ2) is 4.73. The maximum absolute atomic E-state index is 10.8. The van der Waals surface area contributed by atoms with E-state index in [4.69, 9.17) is 0 Å². The van der Waals surface area contributed by atoms with Crippen molar-refractivity contribution in [2.45, 2.75) is 54.0 Å². The Morgan fingerprint density at radius 2 is 1.69 bits per heavy atom. The molecule has 0 radical (unpaired) electrons. The lowest BCUT2D eigenvalue weighted by Crippen LogP contribution is -2.33. The summed E-state index contributed by atoms with van der Waals surface area (Å²) in [7, 11) is 0. The van der Waals surface area contributed by atoms with Gasteiger partial charge in [0, 0.05) is 0 Å². The van der Waals surface area contributed by atoms with E-state index in [1.165, 1.54) is 0 Å². The second-order valence-electron chi connectivity index (χ2n) is 5.16. The standard InChI is InChI=1S/C11H23NO/c1-7-8(2)9(3)10(12-13)11(4,5)6/h8-10H,7H2,1-6H3. The van der Waals surface area contributed by atoms with Crippen LogP contribution in [-0.2, 0) is 0 Å². The lowest BCUT2D eigenvalue weighted by atomic mass is 9.75. The summed E-state index contributed by atoms with van der Waals surface area (Å²) in [5.41, 5.74) is -0.00933. The zero-order valence-electron chi connectivity index (χ0n) is 9.79. The van der Waals surface area contributed by atoms with E-state index in [1.54, 1.807) is 0 Å². The molecule has 0 bridgehead atoms. The molecule has 0 saturated carbocycles. The molecule has 0 aromatic rings. The highest BCUT2D eigenvalue weighted by Gasteiger charge is 2.33. The Labute approximate surface area is 82.1 Å². The van der Waals surface area contributed by atoms with E-state index < -0.39 is 0 Å². The van der Waals surface area contributed by atoms with Gasteiger partial charge in [0.1, 0.15) is 0 Å². The van der Waals surface area contributed by atoms with Crippen molar-refractivity contribution < 1.29 is 0 Å². The van der Waals surface area contributed by atoms with Crippen LogP contribution in [0.2, 0.25) is 0 Å². The molecule has 0 aliphatic heterocycles. The van der Waals surface area contributed by atoms with Gasteiger partial charge in [0.2, 0.25) is 0 Å². The van der Waals surface area contributed by atoms with Crippen LogP contribution in [0.1, 0.15) is 48.0 Å². The first-order valence-electron chi connectivity index (χ1n) is 5.17. The Hall–Kier alpha value is -0.400. The van der Waals surface area contributed by atoms with Crippen molar-refractivity contribution >= 4 is 0 Å². The van der Waals surface area contributed by atoms with Gasteiger partial charge in [-0.1, -0.05) is 53.1 Å². The summed E-state index contributed by atoms with van der Waals surface area (Å²) in [6, 6.07) is -0.0672. The van der Waals surface area contributed by atoms with E-state index in [0.717, 1.165) is 6.42 Å². The predicted octanol–water partition coefficient (Wildman–Crippen LogP) is 3.85. The number of nitrogens with zero attached hydrogens (tertiary/aromatic N) is 1. The Morgan fingerprint density at radius 3 is 1.92 bits per heavy atom. The molecular formula is C11H23NO. The minimum Gasteiger partial charge on any atom is -0.150 e. The molecule has 0 aromatic carbocycles. The van der Waals surface area contributed by atoms with Crippen molar-refractivity contribution in [3.05, 3.63) is 4.91 Å². The van der Waals surface area contributed by atoms with Crippen LogP contribution in [0.5, 0.6) is 0 Å². The molecule has 0 aliphatic carbocycles. The average molecular weight is 185 g/mol. The van der Waals surface area contributed by atoms with Crippen molar-refractivity contribution in [2.75, 3.05) is 0 Å². The van der Waals surface area contributed by atoms with Crippen LogP contribution >= 0.6 is 0 Å². The topological polar surface area (TPSA) is 29.4 Å². The van der Waals surface area contributed by atoms with E-state index in [2.05, 4.69) is 46.7 Å². The molecule has 0 aromatic heterocycles. The number of hydrogen-bond donors (Lipinski definition) is 0. The van der Waals surface area contributed by atoms with Crippen LogP contribution in [0.25, 0.3) is 0 Å². The summed E-state index contributed by atoms with van der Waals surface area (Å²) >= 11 is 0. The molecule has 13 heavy (non-hydrogen) atoms. The third-order valence-corrected chi connectivity index (χ3v) is 3.04. The third-order valence-electron chi connectivity index (χ3n) is 3.04. The molecule has 3 unspecified atom stereocenters. The molecule has 0 N–H and O–H groups in total. The lowest BCUT2D eigenvalue weighted by Gasteiger charge is -2.32. The van der Waals surface area contributed by atoms with Crippen LogP contribution in [0, 0.1) is 22.2 Å². The highest BCUT2D eigenvalue weighted by Crippen LogP contribution is 2.32. The normalized spacial score (nSPS) is 19.2. The van der Waals surface area contributed by atoms with E-state index in [1.807, 2.05) is 0 Å². The fourth-order valence-electron chi connectivity index (χ4n) is 1.73. The van der Waals surface area contributed by atoms with Gasteiger partial charge in [0.15, 0.2) is 0 Å². The minimum atomic E-state index is -0.0672. The van der Waals surface area contributed by atoms with Crippen molar-refractivity contribution in [1.29, 1.82) is 0 Å². The van der Waals surface area contributed by atoms with E-state index in [-0.39, 0.29) is 11.5 Å². The summed E-state index contributed by atoms with van der Waals surface area (Å²) < 4.78 is 0. The van der Waals surface area contributed by atoms with Gasteiger partial charge in [0.25, 0.3) is 0 Å². The summed E-state index contributed by atoms with van der Waals surface area (Å²) in [4.78, 5) is 10.8. The first-order chi connectivity index (χ1) is 5.84. The highest BCUT2D eigenvalue weighted by atomic mass is 16.3. The van der Waals surface area contributed by atoms with Gasteiger partial charge in [-0.05, 0) is 17.3 Å². The van der Waals surface area contributed by atoms with Gasteiger partial charge in [-0.15, -0.1) is 0 Å². The maximum atomic E-state index is 10.8. The van der Waals surface area contributed by atoms with Crippen LogP contribution < -0.4 is 0 Å². The Balaban J connectivity index is 4.49. The molecule has 0 saturated heterocycles. The Kier molecular flexibility index (Phi) is 4.58. The molecule has 3 atom stereocenters. The molecule has 2 heteroatoms. The van der Waals surface area contributed by atoms with E-state index >= 15 is 0 Å². The smallest absolute Gasteiger partial charge is 0.0995 e. The van der Waals surface area contributed by atoms with E-state index in [9.17, 15) is 4.91 Å². The van der Waals surface area contributed by atoms with Crippen LogP contribution in [0.3, 0.4) is 0 Å². The summed E-state index contributed by atoms with van der Waals surface area (Å²) in [5, 5.41) is 3.28. The first-order valence-corrected chi connectivity index (χ1v) is 5.17. The molecule has 0 fully saturated rings. The predicted molar refractivity (Wildman–Crippen MR) is 57.7 cm³/mol. The molecular weight excluding hydrogens is 162 g/mol. The molecule has 0 aliphatic rings. The van der Waals surface area contributed by atoms with Gasteiger partial charge in [-0.3, -0.25) is 0 Å². The summed E-state index contributed by atoms with van der Waals surface area (Å²) in [6.45, 7) is 12.7. The highest BCUT2D eigenvalue weighted by molar-refractivity contribution is 4.86. The van der Waals surface area contributed by atoms with E-state index in [0.29, 0.717) is 11.8 Å². The van der Waals surface area contributed by atoms with Crippen LogP contribution in [0.4, 0.5) is 0 Å². The average Bonchev–Trinajstić information content (AvgIpc) is 2.01. The lowest BCUT2D eigenvalue weighted by molar-refractivity contribution is 0.198. The largest absolute Gasteiger partial charge is 0.150 e. The fraction of sp³-hybridized carbons (Fsp3) is 1.00. The molecule has 0 amide bonds. The zero-order valence-corrected chi connectivity index (χ0v) is 9.79. The van der Waals surface area contributed by atoms with Crippen LogP contribution in [0.15, 0.2) is 5.18 Å². The molecule has 0 spiro atoms. The van der Waals surface area contributed by atoms with Gasteiger partial charge in [-0.2, -0.15) is 4.91 Å². The first kappa shape index (κ1) is 12.6. The summed E-state index contributed by atoms with van der Waals surface area (Å²) in [6.07, 6.45) is 1.11. The molecule has 2 nitrogen and oxygen atoms in total. The fourth-order valence-corrected chi connectivity index (χ4v) is 1.73. The van der Waals surface area contributed by atoms with Crippen molar-refractivity contribution in [3.63, 3.8) is 0 Å². The zero-order chi connectivity index (χ0) is 10.6. The van der Waals surface area contributed by atoms with Gasteiger partial charge in [-0.25, -0.2) is 0 Å². The van der Waals surface area contributed by atoms with Crippen LogP contribution in [-0.4, -0.2) is 6.04 Å². The van der Waals surface area contributed by atoms with Crippen molar-refractivity contribution in [2.24, 2.45) is 22.4 Å². The minimum absolute atomic E-state index is 0.00933. The number of hydrogen-bond acceptors (Lipinski definition) is 2. The molecule has 0 rings (SSSR count). The van der Waals surface area contributed by atoms with Crippen molar-refractivity contribution in [3.8, 4) is 0 Å². The second-order valence-corrected chi connectivity index (χ2v) is 5.16. The van der Waals surface area contributed by atoms with Crippen molar-refractivity contribution in [1.82, 2.24) is 0 Å². The molecule has 78 valence electrons. The monoisotopic (exact) mass is 185 g/mol. The quantitative estimate of drug-likeness (QED) is 0.612. The number of nitroso groups, excluding NO2 is 1. The maximum Gasteiger partial charge on any atom is 0.0995 e.